The third-order valence-corrected chi connectivity index (χ3v) is 1.09. The summed E-state index contributed by atoms with van der Waals surface area (Å²) in [4.78, 5) is 13.4. The van der Waals surface area contributed by atoms with E-state index < -0.39 is 0 Å². The molecule has 0 saturated heterocycles. The van der Waals surface area contributed by atoms with E-state index in [1.807, 2.05) is 0 Å². The average Bonchev–Trinajstić information content (AvgIpc) is 2.40. The van der Waals surface area contributed by atoms with E-state index in [1.54, 1.807) is 25.4 Å². The van der Waals surface area contributed by atoms with Gasteiger partial charge >= 0.3 is 5.97 Å². The molecule has 1 aromatic heterocycles. The highest BCUT2D eigenvalue weighted by Crippen LogP contribution is 2.07. The lowest BCUT2D eigenvalue weighted by molar-refractivity contribution is -0.134. The van der Waals surface area contributed by atoms with Gasteiger partial charge in [0.25, 0.3) is 0 Å². The molecular weight excluding hydrogens is 130 g/mol. The van der Waals surface area contributed by atoms with Gasteiger partial charge in [-0.05, 0) is 6.07 Å². The molecule has 0 amide bonds. The van der Waals surface area contributed by atoms with Crippen molar-refractivity contribution in [2.24, 2.45) is 0 Å². The molecular formula is C7H9NO2. The van der Waals surface area contributed by atoms with Gasteiger partial charge in [-0.15, -0.1) is 0 Å². The van der Waals surface area contributed by atoms with Crippen LogP contribution < -0.4 is 4.74 Å². The van der Waals surface area contributed by atoms with Crippen molar-refractivity contribution in [3.63, 3.8) is 0 Å². The number of nitrogens with one attached hydrogen (secondary N) is 1. The Morgan fingerprint density at radius 2 is 2.60 bits per heavy atom. The summed E-state index contributed by atoms with van der Waals surface area (Å²) in [6.07, 6.45) is 3.75. The molecule has 1 aromatic rings. The zero-order valence-electron chi connectivity index (χ0n) is 5.76. The first-order valence-electron chi connectivity index (χ1n) is 3.16. The van der Waals surface area contributed by atoms with Crippen molar-refractivity contribution in [3.8, 4) is 5.75 Å². The molecule has 1 heterocycles. The summed E-state index contributed by atoms with van der Waals surface area (Å²) in [5.74, 6) is 0.367. The first-order chi connectivity index (χ1) is 4.83. The lowest BCUT2D eigenvalue weighted by Gasteiger charge is -1.95. The van der Waals surface area contributed by atoms with Gasteiger partial charge in [0.05, 0.1) is 0 Å². The van der Waals surface area contributed by atoms with Gasteiger partial charge in [0, 0.05) is 18.8 Å². The second-order valence-electron chi connectivity index (χ2n) is 1.87. The Kier molecular flexibility index (Phi) is 2.10. The van der Waals surface area contributed by atoms with Gasteiger partial charge in [-0.1, -0.05) is 6.92 Å². The predicted octanol–water partition coefficient (Wildman–Crippen LogP) is 1.33. The molecule has 0 fully saturated rings. The minimum atomic E-state index is -0.209. The first kappa shape index (κ1) is 6.86. The molecule has 0 radical (unpaired) electrons. The van der Waals surface area contributed by atoms with Crippen LogP contribution in [0.1, 0.15) is 13.3 Å². The van der Waals surface area contributed by atoms with Crippen molar-refractivity contribution in [3.05, 3.63) is 18.5 Å². The number of hydrogen-bond acceptors (Lipinski definition) is 2. The Labute approximate surface area is 59.0 Å². The van der Waals surface area contributed by atoms with Crippen LogP contribution in [0.15, 0.2) is 18.5 Å². The lowest BCUT2D eigenvalue weighted by atomic mass is 10.5. The van der Waals surface area contributed by atoms with Crippen LogP contribution in [0.25, 0.3) is 0 Å². The van der Waals surface area contributed by atoms with E-state index in [-0.39, 0.29) is 5.97 Å². The molecule has 0 aliphatic carbocycles. The number of rotatable bonds is 2. The molecule has 3 nitrogen and oxygen atoms in total. The fourth-order valence-corrected chi connectivity index (χ4v) is 0.576. The van der Waals surface area contributed by atoms with Gasteiger partial charge in [0.15, 0.2) is 0 Å². The van der Waals surface area contributed by atoms with E-state index in [4.69, 9.17) is 4.74 Å². The molecule has 0 aliphatic heterocycles. The number of aromatic nitrogens is 1. The van der Waals surface area contributed by atoms with Crippen LogP contribution in [0.4, 0.5) is 0 Å². The van der Waals surface area contributed by atoms with Crippen LogP contribution in [-0.2, 0) is 4.79 Å². The Morgan fingerprint density at radius 1 is 1.80 bits per heavy atom. The third-order valence-electron chi connectivity index (χ3n) is 1.09. The van der Waals surface area contributed by atoms with Crippen molar-refractivity contribution in [1.82, 2.24) is 4.98 Å². The predicted molar refractivity (Wildman–Crippen MR) is 36.7 cm³/mol. The van der Waals surface area contributed by atoms with Crippen LogP contribution in [0.3, 0.4) is 0 Å². The van der Waals surface area contributed by atoms with Crippen molar-refractivity contribution >= 4 is 5.97 Å². The molecule has 1 rings (SSSR count). The zero-order valence-corrected chi connectivity index (χ0v) is 5.76. The largest absolute Gasteiger partial charge is 0.425 e. The second-order valence-corrected chi connectivity index (χ2v) is 1.87. The summed E-state index contributed by atoms with van der Waals surface area (Å²) in [6.45, 7) is 1.76. The zero-order chi connectivity index (χ0) is 7.40. The van der Waals surface area contributed by atoms with E-state index in [0.29, 0.717) is 12.2 Å². The highest BCUT2D eigenvalue weighted by atomic mass is 16.5. The molecule has 0 aliphatic rings. The number of H-pyrrole nitrogens is 1. The van der Waals surface area contributed by atoms with Crippen LogP contribution in [0.2, 0.25) is 0 Å². The SMILES string of the molecule is CCC(=O)Oc1cc[nH]c1. The van der Waals surface area contributed by atoms with Gasteiger partial charge in [-0.3, -0.25) is 4.79 Å². The number of carbonyl (C=O) groups is 1. The summed E-state index contributed by atoms with van der Waals surface area (Å²) in [6, 6.07) is 1.70. The van der Waals surface area contributed by atoms with Gasteiger partial charge < -0.3 is 9.72 Å². The number of ether oxygens (including phenoxy) is 1. The first-order valence-corrected chi connectivity index (χ1v) is 3.16. The van der Waals surface area contributed by atoms with Crippen molar-refractivity contribution in [2.75, 3.05) is 0 Å². The second kappa shape index (κ2) is 3.06. The van der Waals surface area contributed by atoms with Crippen LogP contribution in [0, 0.1) is 0 Å². The van der Waals surface area contributed by atoms with Crippen LogP contribution in [-0.4, -0.2) is 11.0 Å². The summed E-state index contributed by atoms with van der Waals surface area (Å²) >= 11 is 0. The van der Waals surface area contributed by atoms with Crippen LogP contribution in [0.5, 0.6) is 5.75 Å². The van der Waals surface area contributed by atoms with E-state index in [0.717, 1.165) is 0 Å². The van der Waals surface area contributed by atoms with Gasteiger partial charge in [0.2, 0.25) is 0 Å². The van der Waals surface area contributed by atoms with Crippen molar-refractivity contribution in [1.29, 1.82) is 0 Å². The normalized spacial score (nSPS) is 9.30. The number of hydrogen-bond donors (Lipinski definition) is 1. The minimum absolute atomic E-state index is 0.209. The number of aromatic amines is 1. The van der Waals surface area contributed by atoms with Gasteiger partial charge in [-0.2, -0.15) is 0 Å². The Bertz CT molecular complexity index is 203. The highest BCUT2D eigenvalue weighted by molar-refractivity contribution is 5.71. The van der Waals surface area contributed by atoms with Gasteiger partial charge in [0.1, 0.15) is 5.75 Å². The van der Waals surface area contributed by atoms with E-state index >= 15 is 0 Å². The highest BCUT2D eigenvalue weighted by Gasteiger charge is 1.99. The Hall–Kier alpha value is -1.25. The molecule has 54 valence electrons. The topological polar surface area (TPSA) is 42.1 Å². The Balaban J connectivity index is 2.48. The number of esters is 1. The fourth-order valence-electron chi connectivity index (χ4n) is 0.576. The molecule has 0 saturated carbocycles. The lowest BCUT2D eigenvalue weighted by Crippen LogP contribution is -2.04. The summed E-state index contributed by atoms with van der Waals surface area (Å²) in [5.41, 5.74) is 0. The van der Waals surface area contributed by atoms with Gasteiger partial charge in [-0.25, -0.2) is 0 Å². The molecule has 0 unspecified atom stereocenters. The molecule has 10 heavy (non-hydrogen) atoms. The van der Waals surface area contributed by atoms with Crippen LogP contribution >= 0.6 is 0 Å². The molecule has 3 heteroatoms. The van der Waals surface area contributed by atoms with E-state index in [9.17, 15) is 4.79 Å². The maximum absolute atomic E-state index is 10.6. The Morgan fingerprint density at radius 3 is 3.10 bits per heavy atom. The summed E-state index contributed by atoms with van der Waals surface area (Å²) in [7, 11) is 0. The summed E-state index contributed by atoms with van der Waals surface area (Å²) in [5, 5.41) is 0. The molecule has 0 atom stereocenters. The molecule has 0 bridgehead atoms. The standard InChI is InChI=1S/C7H9NO2/c1-2-7(9)10-6-3-4-8-5-6/h3-5,8H,2H2,1H3. The maximum Gasteiger partial charge on any atom is 0.310 e. The number of carbonyl (C=O) groups excluding carboxylic acids is 1. The van der Waals surface area contributed by atoms with E-state index in [1.165, 1.54) is 0 Å². The fraction of sp³-hybridized carbons (Fsp3) is 0.286. The molecule has 1 N–H and O–H groups in total. The third kappa shape index (κ3) is 1.62. The monoisotopic (exact) mass is 139 g/mol. The molecule has 0 aromatic carbocycles. The van der Waals surface area contributed by atoms with E-state index in [2.05, 4.69) is 4.98 Å². The average molecular weight is 139 g/mol. The minimum Gasteiger partial charge on any atom is -0.425 e. The smallest absolute Gasteiger partial charge is 0.310 e. The van der Waals surface area contributed by atoms with Crippen molar-refractivity contribution < 1.29 is 9.53 Å². The quantitative estimate of drug-likeness (QED) is 0.628. The van der Waals surface area contributed by atoms with Crippen molar-refractivity contribution in [2.45, 2.75) is 13.3 Å². The summed E-state index contributed by atoms with van der Waals surface area (Å²) < 4.78 is 4.83. The maximum atomic E-state index is 10.6. The molecule has 0 spiro atoms.